The second-order valence-corrected chi connectivity index (χ2v) is 17.5. The van der Waals surface area contributed by atoms with Gasteiger partial charge in [-0.05, 0) is 58.3 Å². The monoisotopic (exact) mass is 750 g/mol. The Bertz CT molecular complexity index is 558. The fraction of sp³-hybridized carbons (Fsp3) is 0.980. The molecule has 53 heavy (non-hydrogen) atoms. The molecule has 0 heterocycles. The van der Waals surface area contributed by atoms with Gasteiger partial charge in [0.2, 0.25) is 0 Å². The van der Waals surface area contributed by atoms with Gasteiger partial charge < -0.3 is 14.4 Å². The fourth-order valence-electron chi connectivity index (χ4n) is 8.41. The topological polar surface area (TPSA) is 40.1 Å². The van der Waals surface area contributed by atoms with E-state index >= 15 is 0 Å². The number of carboxylic acid groups (broad SMARTS) is 1. The Labute approximate surface area is 337 Å². The van der Waals surface area contributed by atoms with E-state index in [0.717, 1.165) is 6.92 Å². The van der Waals surface area contributed by atoms with Gasteiger partial charge in [0.15, 0.2) is 0 Å². The van der Waals surface area contributed by atoms with Gasteiger partial charge in [-0.1, -0.05) is 233 Å². The summed E-state index contributed by atoms with van der Waals surface area (Å²) in [5.74, 6) is -1.08. The zero-order chi connectivity index (χ0) is 39.2. The molecule has 0 aromatic carbocycles. The van der Waals surface area contributed by atoms with Crippen molar-refractivity contribution in [3.05, 3.63) is 0 Å². The number of carboxylic acids is 1. The molecule has 320 valence electrons. The molecule has 0 saturated heterocycles. The lowest BCUT2D eigenvalue weighted by molar-refractivity contribution is -0.929. The maximum absolute atomic E-state index is 8.89. The van der Waals surface area contributed by atoms with Gasteiger partial charge in [-0.15, -0.1) is 0 Å². The average molecular weight is 750 g/mol. The van der Waals surface area contributed by atoms with Crippen LogP contribution in [-0.2, 0) is 4.79 Å². The molecule has 0 spiro atoms. The summed E-state index contributed by atoms with van der Waals surface area (Å²) in [6.45, 7) is 16.3. The van der Waals surface area contributed by atoms with E-state index in [1.165, 1.54) is 287 Å². The summed E-state index contributed by atoms with van der Waals surface area (Å²) in [7, 11) is 0. The van der Waals surface area contributed by atoms with E-state index in [0.29, 0.717) is 0 Å². The normalized spacial score (nSPS) is 11.6. The number of carbonyl (C=O) groups excluding carboxylic acids is 1. The summed E-state index contributed by atoms with van der Waals surface area (Å²) in [6.07, 6.45) is 58.7. The van der Waals surface area contributed by atoms with Crippen LogP contribution >= 0.6 is 0 Å². The molecule has 3 nitrogen and oxygen atoms in total. The first-order valence-corrected chi connectivity index (χ1v) is 25.0. The van der Waals surface area contributed by atoms with E-state index < -0.39 is 5.97 Å². The van der Waals surface area contributed by atoms with Crippen LogP contribution in [0.25, 0.3) is 0 Å². The van der Waals surface area contributed by atoms with E-state index in [4.69, 9.17) is 9.90 Å². The van der Waals surface area contributed by atoms with Crippen LogP contribution < -0.4 is 5.11 Å². The summed E-state index contributed by atoms with van der Waals surface area (Å²) < 4.78 is 1.49. The van der Waals surface area contributed by atoms with Crippen molar-refractivity contribution in [1.29, 1.82) is 0 Å². The van der Waals surface area contributed by atoms with Crippen LogP contribution in [0.3, 0.4) is 0 Å². The standard InChI is InChI=1S/C48H100N.C2H4O2/c1-5-9-13-17-21-25-29-33-37-41-45-49(46-42-38-34-30-26-22-18-14-10-6-2,47-43-39-35-31-27-23-19-15-11-7-3)48-44-40-36-32-28-24-20-16-12-8-4;1-2(3)4/h5-48H2,1-4H3;1H3,(H,3,4)/q+1;/p-1. The molecule has 0 fully saturated rings. The molecular formula is C50H103NO2. The van der Waals surface area contributed by atoms with Crippen molar-refractivity contribution in [1.82, 2.24) is 0 Å². The number of carbonyl (C=O) groups is 1. The van der Waals surface area contributed by atoms with Crippen molar-refractivity contribution in [2.75, 3.05) is 26.2 Å². The minimum absolute atomic E-state index is 0.972. The molecular weight excluding hydrogens is 647 g/mol. The summed E-state index contributed by atoms with van der Waals surface area (Å²) in [6, 6.07) is 0. The molecule has 0 aliphatic carbocycles. The summed E-state index contributed by atoms with van der Waals surface area (Å²) in [5, 5.41) is 8.89. The maximum atomic E-state index is 8.89. The molecule has 0 bridgehead atoms. The van der Waals surface area contributed by atoms with E-state index in [9.17, 15) is 0 Å². The van der Waals surface area contributed by atoms with Gasteiger partial charge in [-0.3, -0.25) is 0 Å². The lowest BCUT2D eigenvalue weighted by Crippen LogP contribution is -2.50. The Morgan fingerprint density at radius 1 is 0.283 bits per heavy atom. The zero-order valence-corrected chi connectivity index (χ0v) is 37.9. The van der Waals surface area contributed by atoms with Crippen LogP contribution in [-0.4, -0.2) is 36.6 Å². The minimum atomic E-state index is -1.08. The van der Waals surface area contributed by atoms with Crippen molar-refractivity contribution in [3.63, 3.8) is 0 Å². The highest BCUT2D eigenvalue weighted by atomic mass is 16.4. The first-order valence-electron chi connectivity index (χ1n) is 25.0. The Balaban J connectivity index is 0. The predicted octanol–water partition coefficient (Wildman–Crippen LogP) is 16.2. The summed E-state index contributed by atoms with van der Waals surface area (Å²) in [5.41, 5.74) is 0. The van der Waals surface area contributed by atoms with Crippen molar-refractivity contribution in [2.45, 2.75) is 291 Å². The highest BCUT2D eigenvalue weighted by Crippen LogP contribution is 2.22. The second-order valence-electron chi connectivity index (χ2n) is 17.5. The lowest BCUT2D eigenvalue weighted by atomic mass is 10.0. The van der Waals surface area contributed by atoms with E-state index in [-0.39, 0.29) is 0 Å². The summed E-state index contributed by atoms with van der Waals surface area (Å²) >= 11 is 0. The first kappa shape index (κ1) is 54.5. The van der Waals surface area contributed by atoms with Crippen molar-refractivity contribution >= 4 is 5.97 Å². The lowest BCUT2D eigenvalue weighted by Gasteiger charge is -2.40. The molecule has 3 heteroatoms. The molecule has 0 rings (SSSR count). The maximum Gasteiger partial charge on any atom is 0.0786 e. The number of aliphatic carboxylic acids is 1. The Morgan fingerprint density at radius 3 is 0.528 bits per heavy atom. The molecule has 0 atom stereocenters. The third kappa shape index (κ3) is 47.5. The van der Waals surface area contributed by atoms with Crippen LogP contribution in [0.4, 0.5) is 0 Å². The number of unbranched alkanes of at least 4 members (excludes halogenated alkanes) is 36. The number of nitrogens with zero attached hydrogens (tertiary/aromatic N) is 1. The van der Waals surface area contributed by atoms with Crippen LogP contribution in [0.1, 0.15) is 291 Å². The van der Waals surface area contributed by atoms with Gasteiger partial charge in [-0.25, -0.2) is 0 Å². The minimum Gasteiger partial charge on any atom is -0.550 e. The quantitative estimate of drug-likeness (QED) is 0.0460. The Morgan fingerprint density at radius 2 is 0.396 bits per heavy atom. The van der Waals surface area contributed by atoms with Crippen LogP contribution in [0, 0.1) is 0 Å². The van der Waals surface area contributed by atoms with Crippen molar-refractivity contribution in [2.24, 2.45) is 0 Å². The van der Waals surface area contributed by atoms with E-state index in [1.54, 1.807) is 0 Å². The molecule has 0 aromatic rings. The average Bonchev–Trinajstić information content (AvgIpc) is 3.14. The Hall–Kier alpha value is -0.570. The highest BCUT2D eigenvalue weighted by Gasteiger charge is 2.25. The number of quaternary nitrogens is 1. The van der Waals surface area contributed by atoms with Gasteiger partial charge in [0, 0.05) is 5.97 Å². The zero-order valence-electron chi connectivity index (χ0n) is 37.9. The fourth-order valence-corrected chi connectivity index (χ4v) is 8.41. The highest BCUT2D eigenvalue weighted by molar-refractivity contribution is 5.60. The molecule has 0 N–H and O–H groups in total. The van der Waals surface area contributed by atoms with Gasteiger partial charge >= 0.3 is 0 Å². The molecule has 0 unspecified atom stereocenters. The predicted molar refractivity (Wildman–Crippen MR) is 238 cm³/mol. The van der Waals surface area contributed by atoms with Gasteiger partial charge in [-0.2, -0.15) is 0 Å². The molecule has 0 radical (unpaired) electrons. The van der Waals surface area contributed by atoms with Gasteiger partial charge in [0.25, 0.3) is 0 Å². The van der Waals surface area contributed by atoms with Crippen molar-refractivity contribution < 1.29 is 14.4 Å². The smallest absolute Gasteiger partial charge is 0.0786 e. The largest absolute Gasteiger partial charge is 0.550 e. The molecule has 0 aliphatic heterocycles. The second kappa shape index (κ2) is 47.6. The first-order chi connectivity index (χ1) is 26.0. The SMILES string of the molecule is CC(=O)[O-].CCCCCCCCCCCC[N+](CCCCCCCCCCCC)(CCCCCCCCCCCC)CCCCCCCCCCCC. The third-order valence-electron chi connectivity index (χ3n) is 11.9. The summed E-state index contributed by atoms with van der Waals surface area (Å²) in [4.78, 5) is 8.89. The van der Waals surface area contributed by atoms with Crippen molar-refractivity contribution in [3.8, 4) is 0 Å². The number of rotatable bonds is 44. The third-order valence-corrected chi connectivity index (χ3v) is 11.9. The van der Waals surface area contributed by atoms with Gasteiger partial charge in [0.1, 0.15) is 0 Å². The van der Waals surface area contributed by atoms with Crippen LogP contribution in [0.5, 0.6) is 0 Å². The molecule has 0 amide bonds. The molecule has 0 aliphatic rings. The van der Waals surface area contributed by atoms with E-state index in [1.807, 2.05) is 0 Å². The van der Waals surface area contributed by atoms with Crippen LogP contribution in [0.15, 0.2) is 0 Å². The van der Waals surface area contributed by atoms with Gasteiger partial charge in [0.05, 0.1) is 26.2 Å². The van der Waals surface area contributed by atoms with E-state index in [2.05, 4.69) is 27.7 Å². The molecule has 0 aromatic heterocycles. The number of hydrogen-bond donors (Lipinski definition) is 0. The van der Waals surface area contributed by atoms with Crippen LogP contribution in [0.2, 0.25) is 0 Å². The number of hydrogen-bond acceptors (Lipinski definition) is 2. The Kier molecular flexibility index (Phi) is 49.0. The molecule has 0 saturated carbocycles.